The van der Waals surface area contributed by atoms with Crippen molar-refractivity contribution in [1.29, 1.82) is 5.26 Å². The van der Waals surface area contributed by atoms with E-state index in [9.17, 15) is 0 Å². The number of rotatable bonds is 3. The number of para-hydroxylation sites is 1. The van der Waals surface area contributed by atoms with Crippen molar-refractivity contribution in [2.45, 2.75) is 13.0 Å². The summed E-state index contributed by atoms with van der Waals surface area (Å²) in [6.07, 6.45) is 0. The minimum absolute atomic E-state index is 0.431. The highest BCUT2D eigenvalue weighted by Gasteiger charge is 2.07. The Hall–Kier alpha value is -1.53. The third kappa shape index (κ3) is 2.48. The Morgan fingerprint density at radius 2 is 2.14 bits per heavy atom. The second-order valence-electron chi connectivity index (χ2n) is 3.40. The van der Waals surface area contributed by atoms with E-state index in [0.717, 1.165) is 5.69 Å². The predicted octanol–water partition coefficient (Wildman–Crippen LogP) is 1.28. The van der Waals surface area contributed by atoms with Gasteiger partial charge < -0.3 is 10.6 Å². The first-order chi connectivity index (χ1) is 6.65. The highest BCUT2D eigenvalue weighted by molar-refractivity contribution is 5.52. The molecule has 0 saturated carbocycles. The number of benzene rings is 1. The molecule has 0 aliphatic heterocycles. The van der Waals surface area contributed by atoms with E-state index in [-0.39, 0.29) is 0 Å². The molecule has 0 fully saturated rings. The summed E-state index contributed by atoms with van der Waals surface area (Å²) < 4.78 is 0. The zero-order valence-electron chi connectivity index (χ0n) is 8.57. The van der Waals surface area contributed by atoms with Crippen LogP contribution in [-0.2, 0) is 0 Å². The molecule has 1 aromatic rings. The zero-order chi connectivity index (χ0) is 10.6. The van der Waals surface area contributed by atoms with Gasteiger partial charge in [-0.25, -0.2) is 0 Å². The quantitative estimate of drug-likeness (QED) is 0.779. The third-order valence-corrected chi connectivity index (χ3v) is 2.16. The van der Waals surface area contributed by atoms with Crippen molar-refractivity contribution in [2.75, 3.05) is 18.5 Å². The van der Waals surface area contributed by atoms with Gasteiger partial charge in [0.15, 0.2) is 0 Å². The van der Waals surface area contributed by atoms with Gasteiger partial charge in [-0.1, -0.05) is 18.2 Å². The molecule has 0 aliphatic carbocycles. The highest BCUT2D eigenvalue weighted by atomic mass is 15.1. The summed E-state index contributed by atoms with van der Waals surface area (Å²) in [5, 5.41) is 8.60. The maximum absolute atomic E-state index is 8.60. The number of nitriles is 1. The molecule has 1 aromatic carbocycles. The summed E-state index contributed by atoms with van der Waals surface area (Å²) in [5.74, 6) is 0. The largest absolute Gasteiger partial charge is 0.372 e. The number of anilines is 1. The zero-order valence-corrected chi connectivity index (χ0v) is 8.57. The molecule has 0 saturated heterocycles. The van der Waals surface area contributed by atoms with Crippen LogP contribution in [-0.4, -0.2) is 19.6 Å². The van der Waals surface area contributed by atoms with Gasteiger partial charge in [0.2, 0.25) is 0 Å². The van der Waals surface area contributed by atoms with Crippen LogP contribution in [0.5, 0.6) is 0 Å². The Bertz CT molecular complexity index is 341. The standard InChI is InChI=1S/C11H15N3/c1-9-5-3-4-6-11(9)14(2)8-10(13)7-12/h3-6,10H,8,13H2,1-2H3. The molecule has 2 N–H and O–H groups in total. The van der Waals surface area contributed by atoms with Gasteiger partial charge in [0.25, 0.3) is 0 Å². The van der Waals surface area contributed by atoms with Crippen LogP contribution in [0.4, 0.5) is 5.69 Å². The molecule has 3 heteroatoms. The maximum Gasteiger partial charge on any atom is 0.110 e. The van der Waals surface area contributed by atoms with Crippen LogP contribution < -0.4 is 10.6 Å². The SMILES string of the molecule is Cc1ccccc1N(C)CC(N)C#N. The Labute approximate surface area is 84.7 Å². The van der Waals surface area contributed by atoms with Crippen LogP contribution >= 0.6 is 0 Å². The fraction of sp³-hybridized carbons (Fsp3) is 0.364. The Balaban J connectivity index is 2.75. The van der Waals surface area contributed by atoms with Gasteiger partial charge in [-0.05, 0) is 18.6 Å². The highest BCUT2D eigenvalue weighted by Crippen LogP contribution is 2.17. The Morgan fingerprint density at radius 1 is 1.50 bits per heavy atom. The van der Waals surface area contributed by atoms with Crippen LogP contribution in [0.2, 0.25) is 0 Å². The smallest absolute Gasteiger partial charge is 0.110 e. The summed E-state index contributed by atoms with van der Waals surface area (Å²) in [6, 6.07) is 9.64. The average molecular weight is 189 g/mol. The molecule has 14 heavy (non-hydrogen) atoms. The summed E-state index contributed by atoms with van der Waals surface area (Å²) in [4.78, 5) is 2.00. The summed E-state index contributed by atoms with van der Waals surface area (Å²) >= 11 is 0. The van der Waals surface area contributed by atoms with E-state index in [0.29, 0.717) is 6.54 Å². The van der Waals surface area contributed by atoms with Gasteiger partial charge in [-0.15, -0.1) is 0 Å². The lowest BCUT2D eigenvalue weighted by molar-refractivity contribution is 0.783. The summed E-state index contributed by atoms with van der Waals surface area (Å²) in [7, 11) is 1.94. The van der Waals surface area contributed by atoms with Crippen LogP contribution in [0.1, 0.15) is 5.56 Å². The molecule has 0 amide bonds. The topological polar surface area (TPSA) is 53.0 Å². The fourth-order valence-corrected chi connectivity index (χ4v) is 1.43. The number of likely N-dealkylation sites (N-methyl/N-ethyl adjacent to an activating group) is 1. The van der Waals surface area contributed by atoms with Gasteiger partial charge >= 0.3 is 0 Å². The molecule has 3 nitrogen and oxygen atoms in total. The second kappa shape index (κ2) is 4.64. The van der Waals surface area contributed by atoms with E-state index in [1.54, 1.807) is 0 Å². The van der Waals surface area contributed by atoms with E-state index >= 15 is 0 Å². The molecule has 0 aliphatic rings. The lowest BCUT2D eigenvalue weighted by Gasteiger charge is -2.22. The predicted molar refractivity (Wildman–Crippen MR) is 58.0 cm³/mol. The average Bonchev–Trinajstić information content (AvgIpc) is 2.18. The van der Waals surface area contributed by atoms with Crippen molar-refractivity contribution < 1.29 is 0 Å². The lowest BCUT2D eigenvalue weighted by Crippen LogP contribution is -2.34. The number of hydrogen-bond acceptors (Lipinski definition) is 3. The van der Waals surface area contributed by atoms with Gasteiger partial charge in [0.05, 0.1) is 6.07 Å². The monoisotopic (exact) mass is 189 g/mol. The van der Waals surface area contributed by atoms with Crippen molar-refractivity contribution in [3.63, 3.8) is 0 Å². The molecule has 1 unspecified atom stereocenters. The number of aryl methyl sites for hydroxylation is 1. The molecule has 1 rings (SSSR count). The maximum atomic E-state index is 8.60. The number of hydrogen-bond donors (Lipinski definition) is 1. The molecule has 74 valence electrons. The van der Waals surface area contributed by atoms with Gasteiger partial charge in [-0.2, -0.15) is 5.26 Å². The van der Waals surface area contributed by atoms with E-state index in [1.165, 1.54) is 5.56 Å². The molecule has 1 atom stereocenters. The normalized spacial score (nSPS) is 11.9. The first kappa shape index (κ1) is 10.6. The van der Waals surface area contributed by atoms with Crippen molar-refractivity contribution in [3.8, 4) is 6.07 Å². The van der Waals surface area contributed by atoms with E-state index in [2.05, 4.69) is 0 Å². The van der Waals surface area contributed by atoms with Gasteiger partial charge in [0.1, 0.15) is 6.04 Å². The van der Waals surface area contributed by atoms with Crippen molar-refractivity contribution >= 4 is 5.69 Å². The summed E-state index contributed by atoms with van der Waals surface area (Å²) in [6.45, 7) is 2.60. The molecule has 0 heterocycles. The summed E-state index contributed by atoms with van der Waals surface area (Å²) in [5.41, 5.74) is 7.88. The van der Waals surface area contributed by atoms with Crippen LogP contribution in [0.25, 0.3) is 0 Å². The lowest BCUT2D eigenvalue weighted by atomic mass is 10.2. The van der Waals surface area contributed by atoms with Crippen molar-refractivity contribution in [3.05, 3.63) is 29.8 Å². The van der Waals surface area contributed by atoms with Crippen molar-refractivity contribution in [2.24, 2.45) is 5.73 Å². The van der Waals surface area contributed by atoms with Crippen molar-refractivity contribution in [1.82, 2.24) is 0 Å². The van der Waals surface area contributed by atoms with E-state index in [4.69, 9.17) is 11.0 Å². The Kier molecular flexibility index (Phi) is 3.49. The van der Waals surface area contributed by atoms with E-state index in [1.807, 2.05) is 49.2 Å². The molecule has 0 aromatic heterocycles. The molecule has 0 radical (unpaired) electrons. The Morgan fingerprint density at radius 3 is 2.71 bits per heavy atom. The first-order valence-corrected chi connectivity index (χ1v) is 4.57. The van der Waals surface area contributed by atoms with Crippen LogP contribution in [0.15, 0.2) is 24.3 Å². The number of nitrogens with two attached hydrogens (primary N) is 1. The molecular weight excluding hydrogens is 174 g/mol. The minimum atomic E-state index is -0.431. The molecule has 0 bridgehead atoms. The van der Waals surface area contributed by atoms with E-state index < -0.39 is 6.04 Å². The third-order valence-electron chi connectivity index (χ3n) is 2.16. The van der Waals surface area contributed by atoms with Crippen LogP contribution in [0, 0.1) is 18.3 Å². The fourth-order valence-electron chi connectivity index (χ4n) is 1.43. The molecule has 0 spiro atoms. The second-order valence-corrected chi connectivity index (χ2v) is 3.40. The number of nitrogens with zero attached hydrogens (tertiary/aromatic N) is 2. The molecular formula is C11H15N3. The van der Waals surface area contributed by atoms with Crippen LogP contribution in [0.3, 0.4) is 0 Å². The van der Waals surface area contributed by atoms with Gasteiger partial charge in [-0.3, -0.25) is 0 Å². The first-order valence-electron chi connectivity index (χ1n) is 4.57. The minimum Gasteiger partial charge on any atom is -0.372 e. The van der Waals surface area contributed by atoms with Gasteiger partial charge in [0, 0.05) is 19.3 Å².